The van der Waals surface area contributed by atoms with Crippen LogP contribution in [0, 0.1) is 0 Å². The van der Waals surface area contributed by atoms with E-state index < -0.39 is 11.9 Å². The Kier molecular flexibility index (Phi) is 7.87. The molecule has 35 heavy (non-hydrogen) atoms. The van der Waals surface area contributed by atoms with Gasteiger partial charge >= 0.3 is 5.97 Å². The lowest BCUT2D eigenvalue weighted by molar-refractivity contribution is -0.123. The molecule has 3 aromatic carbocycles. The van der Waals surface area contributed by atoms with Gasteiger partial charge in [0.05, 0.1) is 18.3 Å². The molecule has 4 rings (SSSR count). The van der Waals surface area contributed by atoms with E-state index in [1.807, 2.05) is 6.07 Å². The summed E-state index contributed by atoms with van der Waals surface area (Å²) in [5, 5.41) is 5.58. The molecule has 0 bridgehead atoms. The van der Waals surface area contributed by atoms with Crippen LogP contribution in [0.1, 0.15) is 15.2 Å². The molecule has 0 fully saturated rings. The lowest BCUT2D eigenvalue weighted by Crippen LogP contribution is -2.24. The summed E-state index contributed by atoms with van der Waals surface area (Å²) >= 11 is 13.4. The summed E-state index contributed by atoms with van der Waals surface area (Å²) in [5.74, 6) is 0.580. The highest BCUT2D eigenvalue weighted by molar-refractivity contribution is 7.21. The minimum Gasteiger partial charge on any atom is -0.497 e. The quantitative estimate of drug-likeness (QED) is 0.132. The van der Waals surface area contributed by atoms with Crippen LogP contribution in [0.25, 0.3) is 10.1 Å². The molecule has 0 aliphatic heterocycles. The third-order valence-corrected chi connectivity index (χ3v) is 6.59. The fourth-order valence-corrected chi connectivity index (χ4v) is 4.51. The third-order valence-electron chi connectivity index (χ3n) is 4.70. The molecule has 0 spiro atoms. The van der Waals surface area contributed by atoms with Gasteiger partial charge in [-0.3, -0.25) is 4.79 Å². The maximum absolute atomic E-state index is 12.7. The maximum atomic E-state index is 12.7. The van der Waals surface area contributed by atoms with Crippen molar-refractivity contribution in [3.05, 3.63) is 87.2 Å². The number of fused-ring (bicyclic) bond motifs is 1. The molecule has 10 heteroatoms. The van der Waals surface area contributed by atoms with Crippen LogP contribution in [-0.4, -0.2) is 31.8 Å². The standard InChI is InChI=1S/C25H18Cl2N2O5S/c1-32-19-10-11-20-21(12-19)35-24(23(20)27)25(31)34-18-6-2-15(3-7-18)13-28-29-22(30)14-33-17-8-4-16(26)5-9-17/h2-13H,14H2,1H3,(H,29,30). The van der Waals surface area contributed by atoms with Gasteiger partial charge in [0.2, 0.25) is 0 Å². The predicted molar refractivity (Wildman–Crippen MR) is 137 cm³/mol. The minimum absolute atomic E-state index is 0.194. The van der Waals surface area contributed by atoms with E-state index in [1.165, 1.54) is 17.6 Å². The molecule has 4 aromatic rings. The van der Waals surface area contributed by atoms with E-state index >= 15 is 0 Å². The molecule has 1 aromatic heterocycles. The minimum atomic E-state index is -0.551. The van der Waals surface area contributed by atoms with E-state index in [0.717, 1.165) is 10.1 Å². The van der Waals surface area contributed by atoms with E-state index in [0.29, 0.717) is 37.7 Å². The first kappa shape index (κ1) is 24.5. The normalized spacial score (nSPS) is 10.9. The first-order valence-corrected chi connectivity index (χ1v) is 11.8. The molecule has 1 N–H and O–H groups in total. The molecule has 0 aliphatic rings. The Balaban J connectivity index is 1.30. The molecule has 0 saturated carbocycles. The number of ether oxygens (including phenoxy) is 3. The third kappa shape index (κ3) is 6.30. The summed E-state index contributed by atoms with van der Waals surface area (Å²) in [4.78, 5) is 24.8. The number of rotatable bonds is 8. The van der Waals surface area contributed by atoms with Crippen LogP contribution in [0.2, 0.25) is 10.0 Å². The van der Waals surface area contributed by atoms with Gasteiger partial charge in [-0.15, -0.1) is 11.3 Å². The number of hydrogen-bond acceptors (Lipinski definition) is 7. The number of hydrogen-bond donors (Lipinski definition) is 1. The van der Waals surface area contributed by atoms with Gasteiger partial charge in [-0.25, -0.2) is 10.2 Å². The van der Waals surface area contributed by atoms with Gasteiger partial charge in [-0.1, -0.05) is 23.2 Å². The van der Waals surface area contributed by atoms with Crippen molar-refractivity contribution in [2.75, 3.05) is 13.7 Å². The number of esters is 1. The molecule has 178 valence electrons. The number of methoxy groups -OCH3 is 1. The van der Waals surface area contributed by atoms with Crippen molar-refractivity contribution < 1.29 is 23.8 Å². The molecule has 0 unspecified atom stereocenters. The lowest BCUT2D eigenvalue weighted by Gasteiger charge is -2.05. The van der Waals surface area contributed by atoms with E-state index in [2.05, 4.69) is 10.5 Å². The van der Waals surface area contributed by atoms with Gasteiger partial charge in [0.1, 0.15) is 22.1 Å². The Morgan fingerprint density at radius 1 is 0.971 bits per heavy atom. The Morgan fingerprint density at radius 2 is 1.66 bits per heavy atom. The van der Waals surface area contributed by atoms with Gasteiger partial charge < -0.3 is 14.2 Å². The predicted octanol–water partition coefficient (Wildman–Crippen LogP) is 5.97. The molecular formula is C25H18Cl2N2O5S. The number of carbonyl (C=O) groups excluding carboxylic acids is 2. The number of hydrazone groups is 1. The van der Waals surface area contributed by atoms with Crippen LogP contribution in [0.15, 0.2) is 71.8 Å². The van der Waals surface area contributed by atoms with Gasteiger partial charge in [0.25, 0.3) is 5.91 Å². The number of halogens is 2. The smallest absolute Gasteiger partial charge is 0.355 e. The number of nitrogens with zero attached hydrogens (tertiary/aromatic N) is 1. The largest absolute Gasteiger partial charge is 0.497 e. The van der Waals surface area contributed by atoms with Crippen molar-refractivity contribution in [1.82, 2.24) is 5.43 Å². The highest BCUT2D eigenvalue weighted by atomic mass is 35.5. The van der Waals surface area contributed by atoms with Gasteiger partial charge in [0, 0.05) is 15.1 Å². The van der Waals surface area contributed by atoms with Crippen LogP contribution >= 0.6 is 34.5 Å². The van der Waals surface area contributed by atoms with Gasteiger partial charge in [-0.2, -0.15) is 5.10 Å². The number of nitrogens with one attached hydrogen (secondary N) is 1. The number of amides is 1. The summed E-state index contributed by atoms with van der Waals surface area (Å²) in [6, 6.07) is 18.7. The second-order valence-electron chi connectivity index (χ2n) is 7.10. The maximum Gasteiger partial charge on any atom is 0.355 e. The Bertz CT molecular complexity index is 1390. The van der Waals surface area contributed by atoms with Crippen LogP contribution in [-0.2, 0) is 4.79 Å². The second kappa shape index (κ2) is 11.2. The van der Waals surface area contributed by atoms with Crippen molar-refractivity contribution in [2.45, 2.75) is 0 Å². The van der Waals surface area contributed by atoms with Crippen molar-refractivity contribution >= 4 is 62.7 Å². The number of carbonyl (C=O) groups is 2. The van der Waals surface area contributed by atoms with E-state index in [9.17, 15) is 9.59 Å². The average Bonchev–Trinajstić information content (AvgIpc) is 3.20. The van der Waals surface area contributed by atoms with E-state index in [4.69, 9.17) is 37.4 Å². The fourth-order valence-electron chi connectivity index (χ4n) is 2.97. The SMILES string of the molecule is COc1ccc2c(Cl)c(C(=O)Oc3ccc(C=NNC(=O)COc4ccc(Cl)cc4)cc3)sc2c1. The van der Waals surface area contributed by atoms with Crippen LogP contribution in [0.5, 0.6) is 17.2 Å². The topological polar surface area (TPSA) is 86.2 Å². The molecule has 0 saturated heterocycles. The van der Waals surface area contributed by atoms with Crippen molar-refractivity contribution in [1.29, 1.82) is 0 Å². The zero-order valence-corrected chi connectivity index (χ0v) is 20.6. The first-order chi connectivity index (χ1) is 16.9. The van der Waals surface area contributed by atoms with E-state index in [1.54, 1.807) is 67.8 Å². The average molecular weight is 529 g/mol. The van der Waals surface area contributed by atoms with Gasteiger partial charge in [-0.05, 0) is 72.3 Å². The summed E-state index contributed by atoms with van der Waals surface area (Å²) in [5.41, 5.74) is 3.07. The number of thiophene rings is 1. The van der Waals surface area contributed by atoms with Gasteiger partial charge in [0.15, 0.2) is 6.61 Å². The van der Waals surface area contributed by atoms with Crippen molar-refractivity contribution in [2.24, 2.45) is 5.10 Å². The molecule has 0 atom stereocenters. The first-order valence-electron chi connectivity index (χ1n) is 10.2. The van der Waals surface area contributed by atoms with Crippen molar-refractivity contribution in [3.63, 3.8) is 0 Å². The Hall–Kier alpha value is -3.59. The summed E-state index contributed by atoms with van der Waals surface area (Å²) in [7, 11) is 1.57. The summed E-state index contributed by atoms with van der Waals surface area (Å²) in [6.07, 6.45) is 1.46. The molecular weight excluding hydrogens is 511 g/mol. The second-order valence-corrected chi connectivity index (χ2v) is 8.97. The van der Waals surface area contributed by atoms with Crippen molar-refractivity contribution in [3.8, 4) is 17.2 Å². The highest BCUT2D eigenvalue weighted by Crippen LogP contribution is 2.37. The molecule has 1 amide bonds. The molecule has 1 heterocycles. The lowest BCUT2D eigenvalue weighted by atomic mass is 10.2. The Morgan fingerprint density at radius 3 is 2.37 bits per heavy atom. The van der Waals surface area contributed by atoms with Crippen LogP contribution in [0.3, 0.4) is 0 Å². The zero-order valence-electron chi connectivity index (χ0n) is 18.3. The molecule has 7 nitrogen and oxygen atoms in total. The van der Waals surface area contributed by atoms with E-state index in [-0.39, 0.29) is 6.61 Å². The number of benzene rings is 3. The highest BCUT2D eigenvalue weighted by Gasteiger charge is 2.19. The Labute approximate surface area is 214 Å². The molecule has 0 radical (unpaired) electrons. The van der Waals surface area contributed by atoms with Crippen LogP contribution < -0.4 is 19.6 Å². The fraction of sp³-hybridized carbons (Fsp3) is 0.0800. The summed E-state index contributed by atoms with van der Waals surface area (Å²) in [6.45, 7) is -0.194. The monoisotopic (exact) mass is 528 g/mol. The summed E-state index contributed by atoms with van der Waals surface area (Å²) < 4.78 is 16.9. The molecule has 0 aliphatic carbocycles. The zero-order chi connectivity index (χ0) is 24.8. The van der Waals surface area contributed by atoms with Crippen LogP contribution in [0.4, 0.5) is 0 Å².